The van der Waals surface area contributed by atoms with Crippen LogP contribution >= 0.6 is 0 Å². The van der Waals surface area contributed by atoms with Crippen molar-refractivity contribution in [3.63, 3.8) is 0 Å². The number of hydrogen-bond acceptors (Lipinski definition) is 6. The van der Waals surface area contributed by atoms with E-state index in [1.807, 2.05) is 33.3 Å². The van der Waals surface area contributed by atoms with Crippen LogP contribution in [0.5, 0.6) is 0 Å². The SMILES string of the molecule is CNCc1cnc(N2CC(CO)OC(C)(C)C2)nc1. The topological polar surface area (TPSA) is 70.5 Å². The van der Waals surface area contributed by atoms with Gasteiger partial charge in [0.15, 0.2) is 0 Å². The smallest absolute Gasteiger partial charge is 0.225 e. The van der Waals surface area contributed by atoms with Gasteiger partial charge < -0.3 is 20.1 Å². The van der Waals surface area contributed by atoms with Crippen molar-refractivity contribution >= 4 is 5.95 Å². The summed E-state index contributed by atoms with van der Waals surface area (Å²) in [5, 5.41) is 12.4. The molecule has 2 heterocycles. The summed E-state index contributed by atoms with van der Waals surface area (Å²) in [6, 6.07) is 0. The first kappa shape index (κ1) is 14.2. The fourth-order valence-corrected chi connectivity index (χ4v) is 2.35. The summed E-state index contributed by atoms with van der Waals surface area (Å²) in [5.74, 6) is 0.690. The molecule has 0 saturated carbocycles. The number of hydrogen-bond donors (Lipinski definition) is 2. The van der Waals surface area contributed by atoms with Gasteiger partial charge in [-0.2, -0.15) is 0 Å². The third kappa shape index (κ3) is 3.62. The van der Waals surface area contributed by atoms with Crippen molar-refractivity contribution in [2.24, 2.45) is 0 Å². The van der Waals surface area contributed by atoms with E-state index in [-0.39, 0.29) is 18.3 Å². The molecule has 106 valence electrons. The average molecular weight is 266 g/mol. The summed E-state index contributed by atoms with van der Waals surface area (Å²) < 4.78 is 5.78. The van der Waals surface area contributed by atoms with Crippen LogP contribution in [0.4, 0.5) is 5.95 Å². The van der Waals surface area contributed by atoms with Gasteiger partial charge in [-0.1, -0.05) is 0 Å². The van der Waals surface area contributed by atoms with Gasteiger partial charge in [-0.05, 0) is 20.9 Å². The van der Waals surface area contributed by atoms with Crippen LogP contribution < -0.4 is 10.2 Å². The molecule has 1 aromatic rings. The minimum absolute atomic E-state index is 0.0117. The van der Waals surface area contributed by atoms with Crippen LogP contribution in [0.2, 0.25) is 0 Å². The zero-order valence-corrected chi connectivity index (χ0v) is 11.8. The molecular formula is C13H22N4O2. The predicted octanol–water partition coefficient (Wildman–Crippen LogP) is 0.172. The van der Waals surface area contributed by atoms with Gasteiger partial charge in [0, 0.05) is 37.6 Å². The van der Waals surface area contributed by atoms with Crippen LogP contribution in [0.3, 0.4) is 0 Å². The number of morpholine rings is 1. The molecule has 0 aromatic carbocycles. The fraction of sp³-hybridized carbons (Fsp3) is 0.692. The van der Waals surface area contributed by atoms with E-state index in [4.69, 9.17) is 4.74 Å². The maximum atomic E-state index is 9.30. The third-order valence-corrected chi connectivity index (χ3v) is 3.04. The van der Waals surface area contributed by atoms with Gasteiger partial charge >= 0.3 is 0 Å². The van der Waals surface area contributed by atoms with Crippen molar-refractivity contribution in [3.05, 3.63) is 18.0 Å². The predicted molar refractivity (Wildman–Crippen MR) is 73.0 cm³/mol. The molecule has 0 radical (unpaired) electrons. The Bertz CT molecular complexity index is 408. The molecule has 1 fully saturated rings. The molecule has 0 bridgehead atoms. The van der Waals surface area contributed by atoms with Gasteiger partial charge in [0.2, 0.25) is 5.95 Å². The van der Waals surface area contributed by atoms with Gasteiger partial charge in [-0.3, -0.25) is 0 Å². The lowest BCUT2D eigenvalue weighted by Gasteiger charge is -2.42. The van der Waals surface area contributed by atoms with Crippen LogP contribution in [0.15, 0.2) is 12.4 Å². The number of aliphatic hydroxyl groups is 1. The average Bonchev–Trinajstić information content (AvgIpc) is 2.38. The Morgan fingerprint density at radius 3 is 2.74 bits per heavy atom. The van der Waals surface area contributed by atoms with Gasteiger partial charge in [0.05, 0.1) is 18.3 Å². The fourth-order valence-electron chi connectivity index (χ4n) is 2.35. The normalized spacial score (nSPS) is 22.5. The van der Waals surface area contributed by atoms with Crippen molar-refractivity contribution in [2.45, 2.75) is 32.1 Å². The van der Waals surface area contributed by atoms with E-state index in [1.165, 1.54) is 0 Å². The Morgan fingerprint density at radius 2 is 2.16 bits per heavy atom. The first-order valence-corrected chi connectivity index (χ1v) is 6.53. The van der Waals surface area contributed by atoms with Crippen LogP contribution in [0.25, 0.3) is 0 Å². The molecule has 6 heteroatoms. The van der Waals surface area contributed by atoms with Crippen molar-refractivity contribution in [1.29, 1.82) is 0 Å². The highest BCUT2D eigenvalue weighted by molar-refractivity contribution is 5.32. The summed E-state index contributed by atoms with van der Waals surface area (Å²) >= 11 is 0. The Labute approximate surface area is 113 Å². The Kier molecular flexibility index (Phi) is 4.34. The maximum Gasteiger partial charge on any atom is 0.225 e. The standard InChI is InChI=1S/C13H22N4O2/c1-13(2)9-17(7-11(8-18)19-13)12-15-5-10(4-14-3)6-16-12/h5-6,11,14,18H,4,7-9H2,1-3H3. The number of ether oxygens (including phenoxy) is 1. The second-order valence-corrected chi connectivity index (χ2v) is 5.48. The summed E-state index contributed by atoms with van der Waals surface area (Å²) in [4.78, 5) is 10.8. The van der Waals surface area contributed by atoms with E-state index in [0.29, 0.717) is 12.5 Å². The van der Waals surface area contributed by atoms with Crippen molar-refractivity contribution < 1.29 is 9.84 Å². The summed E-state index contributed by atoms with van der Waals surface area (Å²) in [6.07, 6.45) is 3.47. The Balaban J connectivity index is 2.11. The highest BCUT2D eigenvalue weighted by Crippen LogP contribution is 2.23. The van der Waals surface area contributed by atoms with E-state index < -0.39 is 0 Å². The van der Waals surface area contributed by atoms with Gasteiger partial charge in [0.1, 0.15) is 0 Å². The molecule has 1 aromatic heterocycles. The van der Waals surface area contributed by atoms with Crippen LogP contribution in [-0.4, -0.2) is 53.5 Å². The van der Waals surface area contributed by atoms with Gasteiger partial charge in [-0.15, -0.1) is 0 Å². The molecule has 2 rings (SSSR count). The molecule has 6 nitrogen and oxygen atoms in total. The zero-order valence-electron chi connectivity index (χ0n) is 11.8. The van der Waals surface area contributed by atoms with Crippen LogP contribution in [0, 0.1) is 0 Å². The second-order valence-electron chi connectivity index (χ2n) is 5.48. The second kappa shape index (κ2) is 5.81. The quantitative estimate of drug-likeness (QED) is 0.810. The lowest BCUT2D eigenvalue weighted by Crippen LogP contribution is -2.54. The monoisotopic (exact) mass is 266 g/mol. The van der Waals surface area contributed by atoms with Crippen molar-refractivity contribution in [1.82, 2.24) is 15.3 Å². The first-order valence-electron chi connectivity index (χ1n) is 6.53. The molecule has 1 saturated heterocycles. The molecule has 1 aliphatic rings. The maximum absolute atomic E-state index is 9.30. The number of anilines is 1. The lowest BCUT2D eigenvalue weighted by molar-refractivity contribution is -0.101. The van der Waals surface area contributed by atoms with E-state index in [2.05, 4.69) is 20.2 Å². The Hall–Kier alpha value is -1.24. The molecule has 0 amide bonds. The molecule has 0 spiro atoms. The Morgan fingerprint density at radius 1 is 1.47 bits per heavy atom. The highest BCUT2D eigenvalue weighted by Gasteiger charge is 2.34. The van der Waals surface area contributed by atoms with Crippen LogP contribution in [-0.2, 0) is 11.3 Å². The number of aliphatic hydroxyl groups excluding tert-OH is 1. The van der Waals surface area contributed by atoms with Crippen LogP contribution in [0.1, 0.15) is 19.4 Å². The molecule has 0 aliphatic carbocycles. The molecular weight excluding hydrogens is 244 g/mol. The summed E-state index contributed by atoms with van der Waals surface area (Å²) in [7, 11) is 1.89. The largest absolute Gasteiger partial charge is 0.394 e. The highest BCUT2D eigenvalue weighted by atomic mass is 16.5. The van der Waals surface area contributed by atoms with E-state index >= 15 is 0 Å². The number of nitrogens with one attached hydrogen (secondary N) is 1. The minimum atomic E-state index is -0.307. The molecule has 2 N–H and O–H groups in total. The zero-order chi connectivity index (χ0) is 13.9. The third-order valence-electron chi connectivity index (χ3n) is 3.04. The first-order chi connectivity index (χ1) is 9.04. The summed E-state index contributed by atoms with van der Waals surface area (Å²) in [6.45, 7) is 6.13. The van der Waals surface area contributed by atoms with Crippen molar-refractivity contribution in [3.8, 4) is 0 Å². The van der Waals surface area contributed by atoms with E-state index in [0.717, 1.165) is 18.7 Å². The van der Waals surface area contributed by atoms with E-state index in [1.54, 1.807) is 0 Å². The number of nitrogens with zero attached hydrogens (tertiary/aromatic N) is 3. The van der Waals surface area contributed by atoms with Gasteiger partial charge in [-0.25, -0.2) is 9.97 Å². The summed E-state index contributed by atoms with van der Waals surface area (Å²) in [5.41, 5.74) is 0.746. The number of rotatable bonds is 4. The van der Waals surface area contributed by atoms with Gasteiger partial charge in [0.25, 0.3) is 0 Å². The van der Waals surface area contributed by atoms with E-state index in [9.17, 15) is 5.11 Å². The molecule has 1 unspecified atom stereocenters. The minimum Gasteiger partial charge on any atom is -0.394 e. The number of aromatic nitrogens is 2. The lowest BCUT2D eigenvalue weighted by atomic mass is 10.1. The molecule has 1 atom stereocenters. The molecule has 1 aliphatic heterocycles. The van der Waals surface area contributed by atoms with Crippen molar-refractivity contribution in [2.75, 3.05) is 31.6 Å². The molecule has 19 heavy (non-hydrogen) atoms.